The van der Waals surface area contributed by atoms with Crippen molar-refractivity contribution in [3.8, 4) is 0 Å². The van der Waals surface area contributed by atoms with Gasteiger partial charge in [0, 0.05) is 17.3 Å². The Kier molecular flexibility index (Phi) is 6.55. The van der Waals surface area contributed by atoms with Gasteiger partial charge < -0.3 is 5.32 Å². The zero-order valence-electron chi connectivity index (χ0n) is 13.2. The van der Waals surface area contributed by atoms with Crippen LogP contribution in [-0.2, 0) is 0 Å². The van der Waals surface area contributed by atoms with Gasteiger partial charge >= 0.3 is 0 Å². The van der Waals surface area contributed by atoms with Gasteiger partial charge in [-0.1, -0.05) is 26.7 Å². The van der Waals surface area contributed by atoms with E-state index in [1.165, 1.54) is 57.8 Å². The summed E-state index contributed by atoms with van der Waals surface area (Å²) in [5, 5.41) is 4.93. The summed E-state index contributed by atoms with van der Waals surface area (Å²) in [6, 6.07) is 1.64. The Labute approximate surface area is 124 Å². The molecule has 1 nitrogen and oxygen atoms in total. The molecule has 2 unspecified atom stereocenters. The molecule has 0 radical (unpaired) electrons. The van der Waals surface area contributed by atoms with Crippen LogP contribution in [0.4, 0.5) is 0 Å². The third-order valence-electron chi connectivity index (χ3n) is 5.44. The summed E-state index contributed by atoms with van der Waals surface area (Å²) in [5.74, 6) is 1.87. The van der Waals surface area contributed by atoms with Crippen molar-refractivity contribution < 1.29 is 0 Å². The molecule has 0 aromatic heterocycles. The second-order valence-electron chi connectivity index (χ2n) is 7.09. The second-order valence-corrected chi connectivity index (χ2v) is 8.22. The predicted molar refractivity (Wildman–Crippen MR) is 87.9 cm³/mol. The number of rotatable bonds is 4. The zero-order chi connectivity index (χ0) is 13.7. The third kappa shape index (κ3) is 4.97. The first kappa shape index (κ1) is 15.7. The molecule has 112 valence electrons. The minimum absolute atomic E-state index is 0.819. The van der Waals surface area contributed by atoms with Gasteiger partial charge in [-0.25, -0.2) is 0 Å². The fourth-order valence-corrected chi connectivity index (χ4v) is 4.71. The maximum Gasteiger partial charge on any atom is 0.00704 e. The highest BCUT2D eigenvalue weighted by Crippen LogP contribution is 2.31. The number of hydrogen-bond donors (Lipinski definition) is 1. The average Bonchev–Trinajstić information content (AvgIpc) is 2.65. The second kappa shape index (κ2) is 7.93. The van der Waals surface area contributed by atoms with Gasteiger partial charge in [-0.3, -0.25) is 0 Å². The molecular weight excluding hydrogens is 250 g/mol. The van der Waals surface area contributed by atoms with Gasteiger partial charge in [-0.2, -0.15) is 11.8 Å². The molecular formula is C17H33NS. The van der Waals surface area contributed by atoms with E-state index in [0.717, 1.165) is 29.2 Å². The lowest BCUT2D eigenvalue weighted by molar-refractivity contribution is 0.311. The van der Waals surface area contributed by atoms with Gasteiger partial charge in [0.2, 0.25) is 0 Å². The van der Waals surface area contributed by atoms with E-state index in [1.54, 1.807) is 0 Å². The summed E-state index contributed by atoms with van der Waals surface area (Å²) in [6.07, 6.45) is 15.2. The van der Waals surface area contributed by atoms with Gasteiger partial charge in [-0.05, 0) is 63.0 Å². The monoisotopic (exact) mass is 283 g/mol. The van der Waals surface area contributed by atoms with Crippen LogP contribution in [0.25, 0.3) is 0 Å². The van der Waals surface area contributed by atoms with Crippen molar-refractivity contribution in [1.82, 2.24) is 5.32 Å². The highest BCUT2D eigenvalue weighted by atomic mass is 32.2. The fourth-order valence-electron chi connectivity index (χ4n) is 3.96. The Morgan fingerprint density at radius 1 is 0.842 bits per heavy atom. The fraction of sp³-hybridized carbons (Fsp3) is 1.00. The van der Waals surface area contributed by atoms with E-state index >= 15 is 0 Å². The summed E-state index contributed by atoms with van der Waals surface area (Å²) in [5.41, 5.74) is 0. The zero-order valence-corrected chi connectivity index (χ0v) is 14.0. The van der Waals surface area contributed by atoms with E-state index in [0.29, 0.717) is 0 Å². The molecule has 0 bridgehead atoms. The summed E-state index contributed by atoms with van der Waals surface area (Å²) < 4.78 is 0. The number of hydrogen-bond acceptors (Lipinski definition) is 2. The topological polar surface area (TPSA) is 12.0 Å². The minimum atomic E-state index is 0.819. The van der Waals surface area contributed by atoms with Crippen molar-refractivity contribution in [2.24, 2.45) is 11.8 Å². The van der Waals surface area contributed by atoms with Crippen molar-refractivity contribution >= 4 is 11.8 Å². The molecule has 0 aromatic rings. The van der Waals surface area contributed by atoms with Crippen LogP contribution in [0.1, 0.15) is 71.6 Å². The van der Waals surface area contributed by atoms with Crippen molar-refractivity contribution in [2.45, 2.75) is 89.0 Å². The Morgan fingerprint density at radius 2 is 1.47 bits per heavy atom. The Balaban J connectivity index is 1.71. The SMILES string of the molecule is CSC1CCC(NC2CCCC(C(C)C)CC2)CC1. The summed E-state index contributed by atoms with van der Waals surface area (Å²) in [7, 11) is 0. The molecule has 2 aliphatic rings. The maximum atomic E-state index is 3.99. The lowest BCUT2D eigenvalue weighted by atomic mass is 9.89. The van der Waals surface area contributed by atoms with E-state index < -0.39 is 0 Å². The van der Waals surface area contributed by atoms with Crippen LogP contribution >= 0.6 is 11.8 Å². The summed E-state index contributed by atoms with van der Waals surface area (Å²) in [4.78, 5) is 0. The van der Waals surface area contributed by atoms with Crippen molar-refractivity contribution in [3.05, 3.63) is 0 Å². The van der Waals surface area contributed by atoms with Crippen molar-refractivity contribution in [3.63, 3.8) is 0 Å². The van der Waals surface area contributed by atoms with Gasteiger partial charge in [-0.15, -0.1) is 0 Å². The Hall–Kier alpha value is 0.310. The lowest BCUT2D eigenvalue weighted by Gasteiger charge is -2.31. The quantitative estimate of drug-likeness (QED) is 0.740. The summed E-state index contributed by atoms with van der Waals surface area (Å²) in [6.45, 7) is 4.81. The van der Waals surface area contributed by atoms with Crippen molar-refractivity contribution in [2.75, 3.05) is 6.26 Å². The largest absolute Gasteiger partial charge is 0.311 e. The molecule has 2 atom stereocenters. The third-order valence-corrected chi connectivity index (χ3v) is 6.57. The first-order valence-corrected chi connectivity index (χ1v) is 9.76. The Bertz CT molecular complexity index is 246. The number of nitrogens with one attached hydrogen (secondary N) is 1. The van der Waals surface area contributed by atoms with Crippen molar-refractivity contribution in [1.29, 1.82) is 0 Å². The molecule has 1 N–H and O–H groups in total. The van der Waals surface area contributed by atoms with E-state index in [-0.39, 0.29) is 0 Å². The van der Waals surface area contributed by atoms with Crippen LogP contribution in [0.2, 0.25) is 0 Å². The molecule has 0 aliphatic heterocycles. The first-order valence-electron chi connectivity index (χ1n) is 8.48. The van der Waals surface area contributed by atoms with E-state index in [2.05, 4.69) is 37.2 Å². The molecule has 19 heavy (non-hydrogen) atoms. The molecule has 0 aromatic carbocycles. The van der Waals surface area contributed by atoms with Crippen LogP contribution in [0.3, 0.4) is 0 Å². The van der Waals surface area contributed by atoms with Crippen LogP contribution in [0, 0.1) is 11.8 Å². The normalized spacial score (nSPS) is 37.3. The number of thioether (sulfide) groups is 1. The van der Waals surface area contributed by atoms with Gasteiger partial charge in [0.1, 0.15) is 0 Å². The molecule has 2 saturated carbocycles. The highest BCUT2D eigenvalue weighted by Gasteiger charge is 2.25. The molecule has 0 heterocycles. The molecule has 2 rings (SSSR count). The average molecular weight is 284 g/mol. The van der Waals surface area contributed by atoms with Crippen LogP contribution < -0.4 is 5.32 Å². The highest BCUT2D eigenvalue weighted by molar-refractivity contribution is 7.99. The maximum absolute atomic E-state index is 3.99. The van der Waals surface area contributed by atoms with Crippen LogP contribution in [-0.4, -0.2) is 23.6 Å². The summed E-state index contributed by atoms with van der Waals surface area (Å²) >= 11 is 2.07. The van der Waals surface area contributed by atoms with E-state index in [9.17, 15) is 0 Å². The van der Waals surface area contributed by atoms with Gasteiger partial charge in [0.15, 0.2) is 0 Å². The lowest BCUT2D eigenvalue weighted by Crippen LogP contribution is -2.40. The molecule has 2 heteroatoms. The molecule has 0 amide bonds. The van der Waals surface area contributed by atoms with Gasteiger partial charge in [0.05, 0.1) is 0 Å². The van der Waals surface area contributed by atoms with Gasteiger partial charge in [0.25, 0.3) is 0 Å². The molecule has 0 saturated heterocycles. The standard InChI is InChI=1S/C17H33NS/c1-13(2)14-5-4-6-15(8-7-14)18-16-9-11-17(19-3)12-10-16/h13-18H,4-12H2,1-3H3. The predicted octanol–water partition coefficient (Wildman–Crippen LogP) is 4.86. The molecule has 0 spiro atoms. The van der Waals surface area contributed by atoms with E-state index in [1.807, 2.05) is 0 Å². The molecule has 2 fully saturated rings. The first-order chi connectivity index (χ1) is 9.19. The smallest absolute Gasteiger partial charge is 0.00704 e. The van der Waals surface area contributed by atoms with Crippen LogP contribution in [0.15, 0.2) is 0 Å². The van der Waals surface area contributed by atoms with E-state index in [4.69, 9.17) is 0 Å². The minimum Gasteiger partial charge on any atom is -0.311 e. The Morgan fingerprint density at radius 3 is 2.11 bits per heavy atom. The molecule has 2 aliphatic carbocycles. The van der Waals surface area contributed by atoms with Crippen LogP contribution in [0.5, 0.6) is 0 Å².